The van der Waals surface area contributed by atoms with Crippen molar-refractivity contribution in [2.75, 3.05) is 24.6 Å². The lowest BCUT2D eigenvalue weighted by atomic mass is 9.89. The van der Waals surface area contributed by atoms with Crippen molar-refractivity contribution in [2.45, 2.75) is 38.1 Å². The Morgan fingerprint density at radius 3 is 2.52 bits per heavy atom. The van der Waals surface area contributed by atoms with Gasteiger partial charge in [-0.3, -0.25) is 9.59 Å². The van der Waals surface area contributed by atoms with Crippen LogP contribution in [0.1, 0.15) is 37.7 Å². The number of likely N-dealkylation sites (tertiary alicyclic amines) is 1. The van der Waals surface area contributed by atoms with E-state index in [1.54, 1.807) is 18.2 Å². The smallest absolute Gasteiger partial charge is 0.292 e. The quantitative estimate of drug-likeness (QED) is 0.788. The van der Waals surface area contributed by atoms with E-state index in [1.807, 2.05) is 25.1 Å². The molecule has 4 rings (SSSR count). The maximum Gasteiger partial charge on any atom is 0.292 e. The highest BCUT2D eigenvalue weighted by Gasteiger charge is 2.46. The minimum atomic E-state index is -0.326. The highest BCUT2D eigenvalue weighted by atomic mass is 19.1. The summed E-state index contributed by atoms with van der Waals surface area (Å²) in [7, 11) is 0. The van der Waals surface area contributed by atoms with Gasteiger partial charge in [-0.2, -0.15) is 0 Å². The van der Waals surface area contributed by atoms with Crippen molar-refractivity contribution in [3.8, 4) is 5.75 Å². The number of amides is 2. The summed E-state index contributed by atoms with van der Waals surface area (Å²) >= 11 is 0. The number of benzene rings is 2. The maximum atomic E-state index is 13.2. The first-order chi connectivity index (χ1) is 14.1. The lowest BCUT2D eigenvalue weighted by Gasteiger charge is -2.32. The number of rotatable bonds is 5. The molecular formula is C23H26FN2O3+. The number of quaternary nitrogens is 1. The van der Waals surface area contributed by atoms with Crippen LogP contribution in [0.2, 0.25) is 0 Å². The van der Waals surface area contributed by atoms with E-state index >= 15 is 0 Å². The number of nitrogens with zero attached hydrogens (tertiary/aromatic N) is 1. The zero-order valence-electron chi connectivity index (χ0n) is 16.6. The van der Waals surface area contributed by atoms with Crippen LogP contribution in [0, 0.1) is 5.82 Å². The average molecular weight is 397 g/mol. The Balaban J connectivity index is 1.43. The van der Waals surface area contributed by atoms with Crippen LogP contribution in [0.5, 0.6) is 5.75 Å². The fourth-order valence-electron chi connectivity index (χ4n) is 4.51. The molecule has 2 saturated heterocycles. The molecule has 152 valence electrons. The number of anilines is 1. The molecule has 1 atom stereocenters. The number of nitrogens with one attached hydrogen (secondary N) is 1. The second-order valence-corrected chi connectivity index (χ2v) is 7.74. The van der Waals surface area contributed by atoms with Gasteiger partial charge in [-0.05, 0) is 42.7 Å². The van der Waals surface area contributed by atoms with Crippen molar-refractivity contribution in [1.29, 1.82) is 0 Å². The highest BCUT2D eigenvalue weighted by Crippen LogP contribution is 2.28. The van der Waals surface area contributed by atoms with Crippen LogP contribution in [0.15, 0.2) is 48.5 Å². The van der Waals surface area contributed by atoms with E-state index in [0.29, 0.717) is 24.0 Å². The molecule has 2 heterocycles. The normalized spacial score (nSPS) is 24.8. The number of piperidine rings is 1. The molecule has 0 aromatic heterocycles. The summed E-state index contributed by atoms with van der Waals surface area (Å²) in [5.41, 5.74) is 1.72. The summed E-state index contributed by atoms with van der Waals surface area (Å²) < 4.78 is 18.7. The fraction of sp³-hybridized carbons (Fsp3) is 0.391. The number of hydrogen-bond acceptors (Lipinski definition) is 3. The van der Waals surface area contributed by atoms with Crippen LogP contribution in [-0.2, 0) is 9.59 Å². The van der Waals surface area contributed by atoms with Crippen molar-refractivity contribution in [1.82, 2.24) is 0 Å². The SMILES string of the molecule is CCOc1cccc(N2C(=O)C[C@@H]([NH+]3CCC(c4ccc(F)cc4)CC3)C2=O)c1. The second kappa shape index (κ2) is 8.33. The van der Waals surface area contributed by atoms with Crippen LogP contribution < -0.4 is 14.5 Å². The first kappa shape index (κ1) is 19.6. The Bertz CT molecular complexity index is 891. The van der Waals surface area contributed by atoms with Crippen LogP contribution in [0.4, 0.5) is 10.1 Å². The number of carbonyl (C=O) groups is 2. The minimum Gasteiger partial charge on any atom is -0.494 e. The first-order valence-electron chi connectivity index (χ1n) is 10.3. The molecule has 0 saturated carbocycles. The van der Waals surface area contributed by atoms with Crippen LogP contribution in [0.25, 0.3) is 0 Å². The van der Waals surface area contributed by atoms with E-state index in [4.69, 9.17) is 4.74 Å². The van der Waals surface area contributed by atoms with E-state index in [0.717, 1.165) is 31.5 Å². The Hall–Kier alpha value is -2.73. The van der Waals surface area contributed by atoms with Gasteiger partial charge in [0, 0.05) is 18.9 Å². The Labute approximate surface area is 170 Å². The standard InChI is InChI=1S/C23H25FN2O3/c1-2-29-20-5-3-4-19(14-20)26-22(27)15-21(23(26)28)25-12-10-17(11-13-25)16-6-8-18(24)9-7-16/h3-9,14,17,21H,2,10-13,15H2,1H3/p+1/t21-/m1/s1. The van der Waals surface area contributed by atoms with Gasteiger partial charge < -0.3 is 9.64 Å². The third-order valence-electron chi connectivity index (χ3n) is 6.00. The molecule has 2 aromatic rings. The molecule has 0 bridgehead atoms. The summed E-state index contributed by atoms with van der Waals surface area (Å²) in [4.78, 5) is 28.2. The molecule has 5 nitrogen and oxygen atoms in total. The molecule has 0 unspecified atom stereocenters. The van der Waals surface area contributed by atoms with Crippen molar-refractivity contribution in [3.05, 3.63) is 59.9 Å². The number of hydrogen-bond donors (Lipinski definition) is 1. The Morgan fingerprint density at radius 1 is 1.10 bits per heavy atom. The topological polar surface area (TPSA) is 51.0 Å². The first-order valence-corrected chi connectivity index (χ1v) is 10.3. The van der Waals surface area contributed by atoms with Gasteiger partial charge in [-0.1, -0.05) is 18.2 Å². The van der Waals surface area contributed by atoms with Crippen LogP contribution >= 0.6 is 0 Å². The molecule has 0 radical (unpaired) electrons. The summed E-state index contributed by atoms with van der Waals surface area (Å²) in [5, 5.41) is 0. The molecule has 2 aromatic carbocycles. The van der Waals surface area contributed by atoms with Crippen molar-refractivity contribution >= 4 is 17.5 Å². The Kier molecular flexibility index (Phi) is 5.62. The van der Waals surface area contributed by atoms with Gasteiger partial charge >= 0.3 is 0 Å². The predicted octanol–water partition coefficient (Wildman–Crippen LogP) is 2.32. The van der Waals surface area contributed by atoms with Crippen molar-refractivity contribution in [3.63, 3.8) is 0 Å². The largest absolute Gasteiger partial charge is 0.494 e. The average Bonchev–Trinajstić information content (AvgIpc) is 3.03. The molecule has 0 aliphatic carbocycles. The van der Waals surface area contributed by atoms with Gasteiger partial charge in [0.15, 0.2) is 6.04 Å². The van der Waals surface area contributed by atoms with Crippen LogP contribution in [-0.4, -0.2) is 37.6 Å². The van der Waals surface area contributed by atoms with E-state index in [9.17, 15) is 14.0 Å². The summed E-state index contributed by atoms with van der Waals surface area (Å²) in [6, 6.07) is 13.5. The number of carbonyl (C=O) groups excluding carboxylic acids is 2. The third kappa shape index (κ3) is 4.03. The lowest BCUT2D eigenvalue weighted by Crippen LogP contribution is -3.17. The molecule has 1 N–H and O–H groups in total. The molecule has 29 heavy (non-hydrogen) atoms. The van der Waals surface area contributed by atoms with E-state index in [1.165, 1.54) is 21.9 Å². The molecule has 6 heteroatoms. The number of halogens is 1. The van der Waals surface area contributed by atoms with Crippen molar-refractivity contribution in [2.24, 2.45) is 0 Å². The van der Waals surface area contributed by atoms with E-state index < -0.39 is 0 Å². The monoisotopic (exact) mass is 397 g/mol. The zero-order valence-corrected chi connectivity index (χ0v) is 16.6. The number of ether oxygens (including phenoxy) is 1. The van der Waals surface area contributed by atoms with E-state index in [-0.39, 0.29) is 30.1 Å². The molecular weight excluding hydrogens is 371 g/mol. The lowest BCUT2D eigenvalue weighted by molar-refractivity contribution is -0.920. The van der Waals surface area contributed by atoms with Crippen LogP contribution in [0.3, 0.4) is 0 Å². The van der Waals surface area contributed by atoms with Gasteiger partial charge in [0.25, 0.3) is 5.91 Å². The highest BCUT2D eigenvalue weighted by molar-refractivity contribution is 6.21. The minimum absolute atomic E-state index is 0.126. The predicted molar refractivity (Wildman–Crippen MR) is 108 cm³/mol. The molecule has 2 fully saturated rings. The second-order valence-electron chi connectivity index (χ2n) is 7.74. The van der Waals surface area contributed by atoms with Crippen molar-refractivity contribution < 1.29 is 23.6 Å². The summed E-state index contributed by atoms with van der Waals surface area (Å²) in [6.07, 6.45) is 2.10. The maximum absolute atomic E-state index is 13.2. The summed E-state index contributed by atoms with van der Waals surface area (Å²) in [6.45, 7) is 4.09. The third-order valence-corrected chi connectivity index (χ3v) is 6.00. The number of imide groups is 1. The molecule has 2 amide bonds. The summed E-state index contributed by atoms with van der Waals surface area (Å²) in [5.74, 6) is 0.535. The van der Waals surface area contributed by atoms with E-state index in [2.05, 4.69) is 0 Å². The van der Waals surface area contributed by atoms with Gasteiger partial charge in [0.2, 0.25) is 5.91 Å². The van der Waals surface area contributed by atoms with Gasteiger partial charge in [0.1, 0.15) is 11.6 Å². The molecule has 2 aliphatic rings. The zero-order chi connectivity index (χ0) is 20.4. The van der Waals surface area contributed by atoms with Gasteiger partial charge in [-0.25, -0.2) is 9.29 Å². The van der Waals surface area contributed by atoms with Gasteiger partial charge in [-0.15, -0.1) is 0 Å². The fourth-order valence-corrected chi connectivity index (χ4v) is 4.51. The Morgan fingerprint density at radius 2 is 1.83 bits per heavy atom. The molecule has 2 aliphatic heterocycles. The molecule has 0 spiro atoms. The van der Waals surface area contributed by atoms with Gasteiger partial charge in [0.05, 0.1) is 31.8 Å².